The molecule has 1 aliphatic heterocycles. The van der Waals surface area contributed by atoms with Crippen molar-refractivity contribution in [1.82, 2.24) is 9.80 Å². The molecule has 3 atom stereocenters. The summed E-state index contributed by atoms with van der Waals surface area (Å²) in [4.78, 5) is 16.8. The number of anilines is 1. The largest absolute Gasteiger partial charge is 0.488 e. The highest BCUT2D eigenvalue weighted by atomic mass is 32.2. The molecule has 0 saturated heterocycles. The summed E-state index contributed by atoms with van der Waals surface area (Å²) in [7, 11) is -1.70. The fraction of sp³-hybridized carbons (Fsp3) is 0.500. The third-order valence-corrected chi connectivity index (χ3v) is 7.05. The van der Waals surface area contributed by atoms with Crippen LogP contribution in [-0.4, -0.2) is 74.4 Å². The SMILES string of the molecule is C[C@@H]1CN([C@H](C)CO)C(=O)Cc2cc(NS(C)(=O)=O)ccc2O[C@@H]1CN(C)Cc1ccc(C(F)(F)F)cc1. The van der Waals surface area contributed by atoms with E-state index in [1.165, 1.54) is 12.1 Å². The first-order chi connectivity index (χ1) is 17.7. The van der Waals surface area contributed by atoms with Crippen molar-refractivity contribution in [3.05, 3.63) is 59.2 Å². The molecule has 1 aliphatic rings. The van der Waals surface area contributed by atoms with Gasteiger partial charge in [0.15, 0.2) is 0 Å². The Morgan fingerprint density at radius 2 is 1.87 bits per heavy atom. The minimum absolute atomic E-state index is 0.0419. The standard InChI is InChI=1S/C26H34F3N3O5S/c1-17-13-32(18(2)16-33)25(34)12-20-11-22(30-38(4,35)36)9-10-23(20)37-24(17)15-31(3)14-19-5-7-21(8-6-19)26(27,28)29/h5-11,17-18,24,30,33H,12-16H2,1-4H3/t17-,18-,24-/m1/s1. The molecule has 0 unspecified atom stereocenters. The maximum absolute atomic E-state index is 13.2. The number of rotatable bonds is 8. The van der Waals surface area contributed by atoms with E-state index < -0.39 is 33.9 Å². The van der Waals surface area contributed by atoms with Crippen LogP contribution in [0.5, 0.6) is 5.75 Å². The lowest BCUT2D eigenvalue weighted by Crippen LogP contribution is -2.47. The van der Waals surface area contributed by atoms with Gasteiger partial charge in [0.25, 0.3) is 0 Å². The first-order valence-electron chi connectivity index (χ1n) is 12.2. The number of sulfonamides is 1. The lowest BCUT2D eigenvalue weighted by Gasteiger charge is -2.34. The van der Waals surface area contributed by atoms with Gasteiger partial charge in [0, 0.05) is 36.8 Å². The summed E-state index contributed by atoms with van der Waals surface area (Å²) in [5.41, 5.74) is 0.802. The first kappa shape index (κ1) is 29.7. The van der Waals surface area contributed by atoms with Gasteiger partial charge < -0.3 is 14.7 Å². The molecule has 0 spiro atoms. The van der Waals surface area contributed by atoms with E-state index in [1.807, 2.05) is 18.9 Å². The molecule has 0 fully saturated rings. The molecular weight excluding hydrogens is 523 g/mol. The van der Waals surface area contributed by atoms with Crippen molar-refractivity contribution < 1.29 is 36.2 Å². The molecule has 3 rings (SSSR count). The maximum Gasteiger partial charge on any atom is 0.416 e. The van der Waals surface area contributed by atoms with E-state index in [0.29, 0.717) is 42.2 Å². The number of nitrogens with zero attached hydrogens (tertiary/aromatic N) is 2. The molecule has 0 aliphatic carbocycles. The van der Waals surface area contributed by atoms with Crippen LogP contribution in [0.25, 0.3) is 0 Å². The molecule has 38 heavy (non-hydrogen) atoms. The number of carbonyl (C=O) groups is 1. The number of carbonyl (C=O) groups excluding carboxylic acids is 1. The molecule has 2 aromatic carbocycles. The third kappa shape index (κ3) is 8.08. The van der Waals surface area contributed by atoms with Crippen LogP contribution in [0.15, 0.2) is 42.5 Å². The number of benzene rings is 2. The Kier molecular flexibility index (Phi) is 9.32. The second-order valence-corrected chi connectivity index (χ2v) is 11.7. The fourth-order valence-corrected chi connectivity index (χ4v) is 4.96. The maximum atomic E-state index is 13.2. The van der Waals surface area contributed by atoms with Crippen LogP contribution >= 0.6 is 0 Å². The smallest absolute Gasteiger partial charge is 0.416 e. The van der Waals surface area contributed by atoms with Crippen LogP contribution < -0.4 is 9.46 Å². The van der Waals surface area contributed by atoms with Crippen molar-refractivity contribution in [2.24, 2.45) is 5.92 Å². The Hall–Kier alpha value is -2.83. The van der Waals surface area contributed by atoms with E-state index >= 15 is 0 Å². The Balaban J connectivity index is 1.87. The van der Waals surface area contributed by atoms with E-state index in [0.717, 1.165) is 18.4 Å². The van der Waals surface area contributed by atoms with Crippen molar-refractivity contribution >= 4 is 21.6 Å². The van der Waals surface area contributed by atoms with E-state index in [2.05, 4.69) is 4.72 Å². The Bertz CT molecular complexity index is 1220. The van der Waals surface area contributed by atoms with Gasteiger partial charge >= 0.3 is 6.18 Å². The molecule has 0 saturated carbocycles. The number of amides is 1. The molecular formula is C26H34F3N3O5S. The molecule has 2 N–H and O–H groups in total. The minimum atomic E-state index is -4.40. The number of nitrogens with one attached hydrogen (secondary N) is 1. The number of aliphatic hydroxyl groups is 1. The minimum Gasteiger partial charge on any atom is -0.488 e. The zero-order valence-electron chi connectivity index (χ0n) is 21.8. The van der Waals surface area contributed by atoms with E-state index in [4.69, 9.17) is 4.74 Å². The molecule has 210 valence electrons. The highest BCUT2D eigenvalue weighted by molar-refractivity contribution is 7.92. The molecule has 12 heteroatoms. The number of likely N-dealkylation sites (N-methyl/N-ethyl adjacent to an activating group) is 1. The second-order valence-electron chi connectivity index (χ2n) is 9.98. The summed E-state index contributed by atoms with van der Waals surface area (Å²) in [5.74, 6) is 0.0528. The van der Waals surface area contributed by atoms with Gasteiger partial charge in [-0.25, -0.2) is 8.42 Å². The predicted molar refractivity (Wildman–Crippen MR) is 138 cm³/mol. The van der Waals surface area contributed by atoms with Crippen molar-refractivity contribution in [1.29, 1.82) is 0 Å². The van der Waals surface area contributed by atoms with Gasteiger partial charge in [0.1, 0.15) is 11.9 Å². The number of fused-ring (bicyclic) bond motifs is 1. The number of aliphatic hydroxyl groups excluding tert-OH is 1. The van der Waals surface area contributed by atoms with Gasteiger partial charge in [0.2, 0.25) is 15.9 Å². The zero-order valence-corrected chi connectivity index (χ0v) is 22.6. The highest BCUT2D eigenvalue weighted by Gasteiger charge is 2.32. The van der Waals surface area contributed by atoms with E-state index in [9.17, 15) is 31.5 Å². The average molecular weight is 558 g/mol. The van der Waals surface area contributed by atoms with Gasteiger partial charge in [0.05, 0.1) is 30.9 Å². The Morgan fingerprint density at radius 1 is 1.21 bits per heavy atom. The molecule has 1 amide bonds. The quantitative estimate of drug-likeness (QED) is 0.517. The molecule has 2 aromatic rings. The monoisotopic (exact) mass is 557 g/mol. The number of hydrogen-bond donors (Lipinski definition) is 2. The van der Waals surface area contributed by atoms with E-state index in [-0.39, 0.29) is 24.9 Å². The fourth-order valence-electron chi connectivity index (χ4n) is 4.41. The zero-order chi connectivity index (χ0) is 28.3. The topological polar surface area (TPSA) is 99.2 Å². The molecule has 8 nitrogen and oxygen atoms in total. The number of hydrogen-bond acceptors (Lipinski definition) is 6. The summed E-state index contributed by atoms with van der Waals surface area (Å²) in [6.45, 7) is 4.57. The molecule has 0 radical (unpaired) electrons. The third-order valence-electron chi connectivity index (χ3n) is 6.45. The molecule has 1 heterocycles. The van der Waals surface area contributed by atoms with Crippen molar-refractivity contribution in [2.75, 3.05) is 37.7 Å². The summed E-state index contributed by atoms with van der Waals surface area (Å²) in [5, 5.41) is 9.76. The van der Waals surface area contributed by atoms with Crippen LogP contribution in [0.2, 0.25) is 0 Å². The molecule has 0 bridgehead atoms. The van der Waals surface area contributed by atoms with Crippen molar-refractivity contribution in [3.8, 4) is 5.75 Å². The van der Waals surface area contributed by atoms with Crippen LogP contribution in [0, 0.1) is 5.92 Å². The first-order valence-corrected chi connectivity index (χ1v) is 14.1. The highest BCUT2D eigenvalue weighted by Crippen LogP contribution is 2.31. The van der Waals surface area contributed by atoms with Crippen LogP contribution in [-0.2, 0) is 34.0 Å². The Labute approximate surface area is 221 Å². The van der Waals surface area contributed by atoms with Crippen LogP contribution in [0.3, 0.4) is 0 Å². The number of ether oxygens (including phenoxy) is 1. The lowest BCUT2D eigenvalue weighted by molar-refractivity contribution is -0.137. The van der Waals surface area contributed by atoms with Gasteiger partial charge in [-0.15, -0.1) is 0 Å². The van der Waals surface area contributed by atoms with E-state index in [1.54, 1.807) is 30.0 Å². The van der Waals surface area contributed by atoms with Crippen LogP contribution in [0.4, 0.5) is 18.9 Å². The van der Waals surface area contributed by atoms with Gasteiger partial charge in [-0.3, -0.25) is 14.4 Å². The van der Waals surface area contributed by atoms with Gasteiger partial charge in [-0.2, -0.15) is 13.2 Å². The van der Waals surface area contributed by atoms with Gasteiger partial charge in [-0.05, 0) is 49.9 Å². The lowest BCUT2D eigenvalue weighted by atomic mass is 10.0. The summed E-state index contributed by atoms with van der Waals surface area (Å²) >= 11 is 0. The summed E-state index contributed by atoms with van der Waals surface area (Å²) in [6, 6.07) is 9.31. The Morgan fingerprint density at radius 3 is 2.45 bits per heavy atom. The van der Waals surface area contributed by atoms with Crippen molar-refractivity contribution in [2.45, 2.75) is 45.1 Å². The average Bonchev–Trinajstić information content (AvgIpc) is 2.85. The van der Waals surface area contributed by atoms with Crippen molar-refractivity contribution in [3.63, 3.8) is 0 Å². The summed E-state index contributed by atoms with van der Waals surface area (Å²) < 4.78 is 70.9. The summed E-state index contributed by atoms with van der Waals surface area (Å²) in [6.07, 6.45) is -3.82. The predicted octanol–water partition coefficient (Wildman–Crippen LogP) is 3.36. The second kappa shape index (κ2) is 11.9. The van der Waals surface area contributed by atoms with Crippen LogP contribution in [0.1, 0.15) is 30.5 Å². The molecule has 0 aromatic heterocycles. The van der Waals surface area contributed by atoms with Gasteiger partial charge in [-0.1, -0.05) is 19.1 Å². The number of alkyl halides is 3. The normalized spacial score (nSPS) is 19.7. The number of halogens is 3.